The summed E-state index contributed by atoms with van der Waals surface area (Å²) in [6.45, 7) is 15.2. The van der Waals surface area contributed by atoms with Crippen LogP contribution in [0.4, 0.5) is 0 Å². The Labute approximate surface area is 262 Å². The van der Waals surface area contributed by atoms with Gasteiger partial charge < -0.3 is 14.6 Å². The molecule has 6 nitrogen and oxygen atoms in total. The molecule has 0 saturated carbocycles. The second kappa shape index (κ2) is 13.9. The van der Waals surface area contributed by atoms with Gasteiger partial charge in [0, 0.05) is 17.0 Å². The number of ether oxygens (including phenoxy) is 2. The van der Waals surface area contributed by atoms with Crippen LogP contribution in [0.5, 0.6) is 17.2 Å². The van der Waals surface area contributed by atoms with Gasteiger partial charge in [-0.05, 0) is 87.2 Å². The van der Waals surface area contributed by atoms with Gasteiger partial charge in [0.1, 0.15) is 12.4 Å². The van der Waals surface area contributed by atoms with Crippen molar-refractivity contribution in [3.8, 4) is 17.2 Å². The minimum atomic E-state index is -0.223. The SMILES string of the molecule is CCOc1cc(/C=N\NC(=O)CCc2cc(C(C)(C)C)c(O)c(C(C)(C)C)c2)cc(I)c1OCc1ccccc1Cl. The first-order valence-electron chi connectivity index (χ1n) is 13.7. The lowest BCUT2D eigenvalue weighted by molar-refractivity contribution is -0.121. The summed E-state index contributed by atoms with van der Waals surface area (Å²) in [6, 6.07) is 15.3. The van der Waals surface area contributed by atoms with Crippen molar-refractivity contribution in [3.05, 3.63) is 84.9 Å². The third-order valence-corrected chi connectivity index (χ3v) is 7.66. The number of hydrogen-bond donors (Lipinski definition) is 2. The number of aromatic hydroxyl groups is 1. The Morgan fingerprint density at radius 2 is 1.66 bits per heavy atom. The number of phenolic OH excluding ortho intramolecular Hbond substituents is 1. The predicted octanol–water partition coefficient (Wildman–Crippen LogP) is 8.31. The normalized spacial score (nSPS) is 12.0. The van der Waals surface area contributed by atoms with Crippen LogP contribution in [0.3, 0.4) is 0 Å². The molecule has 0 atom stereocenters. The van der Waals surface area contributed by atoms with Crippen LogP contribution in [0.1, 0.15) is 82.7 Å². The van der Waals surface area contributed by atoms with Crippen molar-refractivity contribution in [1.29, 1.82) is 0 Å². The Bertz CT molecular complexity index is 1370. The number of aryl methyl sites for hydroxylation is 1. The highest BCUT2D eigenvalue weighted by Gasteiger charge is 2.26. The fourth-order valence-corrected chi connectivity index (χ4v) is 5.28. The van der Waals surface area contributed by atoms with Crippen molar-refractivity contribution in [2.75, 3.05) is 6.61 Å². The molecule has 3 aromatic rings. The third kappa shape index (κ3) is 9.10. The van der Waals surface area contributed by atoms with Gasteiger partial charge in [0.25, 0.3) is 0 Å². The van der Waals surface area contributed by atoms with E-state index in [2.05, 4.69) is 74.7 Å². The minimum absolute atomic E-state index is 0.191. The van der Waals surface area contributed by atoms with Gasteiger partial charge in [-0.2, -0.15) is 5.10 Å². The number of carbonyl (C=O) groups excluding carboxylic acids is 1. The topological polar surface area (TPSA) is 80.2 Å². The molecule has 0 aliphatic rings. The number of rotatable bonds is 10. The van der Waals surface area contributed by atoms with Crippen LogP contribution in [0.25, 0.3) is 0 Å². The summed E-state index contributed by atoms with van der Waals surface area (Å²) in [4.78, 5) is 12.6. The highest BCUT2D eigenvalue weighted by Crippen LogP contribution is 2.40. The van der Waals surface area contributed by atoms with Crippen molar-refractivity contribution in [2.24, 2.45) is 5.10 Å². The van der Waals surface area contributed by atoms with Crippen LogP contribution in [-0.4, -0.2) is 23.8 Å². The smallest absolute Gasteiger partial charge is 0.240 e. The molecular weight excluding hydrogens is 651 g/mol. The van der Waals surface area contributed by atoms with Crippen molar-refractivity contribution < 1.29 is 19.4 Å². The largest absolute Gasteiger partial charge is 0.507 e. The van der Waals surface area contributed by atoms with Crippen molar-refractivity contribution in [1.82, 2.24) is 5.43 Å². The molecule has 0 bridgehead atoms. The van der Waals surface area contributed by atoms with E-state index in [-0.39, 0.29) is 23.2 Å². The van der Waals surface area contributed by atoms with E-state index >= 15 is 0 Å². The van der Waals surface area contributed by atoms with Gasteiger partial charge in [0.05, 0.1) is 16.4 Å². The molecule has 0 aliphatic heterocycles. The average Bonchev–Trinajstić information content (AvgIpc) is 2.87. The Morgan fingerprint density at radius 1 is 1.02 bits per heavy atom. The molecule has 0 heterocycles. The molecule has 41 heavy (non-hydrogen) atoms. The Hall–Kier alpha value is -2.78. The number of amides is 1. The lowest BCUT2D eigenvalue weighted by Crippen LogP contribution is -2.20. The first kappa shape index (κ1) is 32.7. The second-order valence-corrected chi connectivity index (χ2v) is 13.5. The van der Waals surface area contributed by atoms with Crippen LogP contribution in [-0.2, 0) is 28.7 Å². The van der Waals surface area contributed by atoms with E-state index in [4.69, 9.17) is 21.1 Å². The minimum Gasteiger partial charge on any atom is -0.507 e. The predicted molar refractivity (Wildman–Crippen MR) is 176 cm³/mol. The van der Waals surface area contributed by atoms with E-state index < -0.39 is 0 Å². The molecule has 3 aromatic carbocycles. The monoisotopic (exact) mass is 690 g/mol. The molecule has 0 fully saturated rings. The van der Waals surface area contributed by atoms with Crippen LogP contribution in [0.2, 0.25) is 5.02 Å². The molecule has 0 aromatic heterocycles. The van der Waals surface area contributed by atoms with E-state index in [1.807, 2.05) is 55.5 Å². The lowest BCUT2D eigenvalue weighted by Gasteiger charge is -2.28. The van der Waals surface area contributed by atoms with Crippen LogP contribution in [0.15, 0.2) is 53.6 Å². The molecule has 3 rings (SSSR count). The second-order valence-electron chi connectivity index (χ2n) is 12.0. The summed E-state index contributed by atoms with van der Waals surface area (Å²) in [6.07, 6.45) is 2.40. The number of benzene rings is 3. The first-order valence-corrected chi connectivity index (χ1v) is 15.2. The number of nitrogens with zero attached hydrogens (tertiary/aromatic N) is 1. The van der Waals surface area contributed by atoms with E-state index in [1.54, 1.807) is 6.21 Å². The maximum absolute atomic E-state index is 12.6. The molecule has 0 aliphatic carbocycles. The fraction of sp³-hybridized carbons (Fsp3) is 0.394. The van der Waals surface area contributed by atoms with Gasteiger partial charge >= 0.3 is 0 Å². The van der Waals surface area contributed by atoms with Gasteiger partial charge in [-0.3, -0.25) is 4.79 Å². The molecular formula is C33H40ClIN2O4. The standard InChI is InChI=1S/C33H40ClIN2O4/c1-8-40-28-18-22(17-27(35)31(28)41-20-23-11-9-10-12-26(23)34)19-36-37-29(38)14-13-21-15-24(32(2,3)4)30(39)25(16-21)33(5,6)7/h9-12,15-19,39H,8,13-14,20H2,1-7H3,(H,37,38)/b36-19-. The summed E-state index contributed by atoms with van der Waals surface area (Å²) in [5.41, 5.74) is 6.63. The molecule has 0 saturated heterocycles. The summed E-state index contributed by atoms with van der Waals surface area (Å²) >= 11 is 8.48. The molecule has 8 heteroatoms. The number of hydrazone groups is 1. The molecule has 0 unspecified atom stereocenters. The lowest BCUT2D eigenvalue weighted by atomic mass is 9.78. The van der Waals surface area contributed by atoms with E-state index in [9.17, 15) is 9.90 Å². The van der Waals surface area contributed by atoms with Gasteiger partial charge in [0.2, 0.25) is 5.91 Å². The fourth-order valence-electron chi connectivity index (χ4n) is 4.31. The maximum atomic E-state index is 12.6. The molecule has 1 amide bonds. The third-order valence-electron chi connectivity index (χ3n) is 6.49. The van der Waals surface area contributed by atoms with Crippen molar-refractivity contribution >= 4 is 46.3 Å². The van der Waals surface area contributed by atoms with Gasteiger partial charge in [-0.15, -0.1) is 0 Å². The van der Waals surface area contributed by atoms with E-state index in [1.165, 1.54) is 0 Å². The quantitative estimate of drug-likeness (QED) is 0.127. The maximum Gasteiger partial charge on any atom is 0.240 e. The number of nitrogens with one attached hydrogen (secondary N) is 1. The molecule has 0 radical (unpaired) electrons. The summed E-state index contributed by atoms with van der Waals surface area (Å²) in [7, 11) is 0. The molecule has 2 N–H and O–H groups in total. The number of hydrogen-bond acceptors (Lipinski definition) is 5. The van der Waals surface area contributed by atoms with Gasteiger partial charge in [-0.1, -0.05) is 83.5 Å². The van der Waals surface area contributed by atoms with Crippen LogP contribution < -0.4 is 14.9 Å². The molecule has 220 valence electrons. The van der Waals surface area contributed by atoms with Crippen molar-refractivity contribution in [3.63, 3.8) is 0 Å². The summed E-state index contributed by atoms with van der Waals surface area (Å²) in [5, 5.41) is 15.8. The average molecular weight is 691 g/mol. The Balaban J connectivity index is 1.68. The van der Waals surface area contributed by atoms with Gasteiger partial charge in [-0.25, -0.2) is 5.43 Å². The number of carbonyl (C=O) groups is 1. The van der Waals surface area contributed by atoms with E-state index in [0.29, 0.717) is 41.9 Å². The van der Waals surface area contributed by atoms with Crippen LogP contribution in [0, 0.1) is 3.57 Å². The van der Waals surface area contributed by atoms with Crippen molar-refractivity contribution in [2.45, 2.75) is 78.7 Å². The first-order chi connectivity index (χ1) is 19.2. The number of halogens is 2. The summed E-state index contributed by atoms with van der Waals surface area (Å²) in [5.74, 6) is 1.37. The highest BCUT2D eigenvalue weighted by atomic mass is 127. The number of phenols is 1. The van der Waals surface area contributed by atoms with Crippen LogP contribution >= 0.6 is 34.2 Å². The van der Waals surface area contributed by atoms with Gasteiger partial charge in [0.15, 0.2) is 11.5 Å². The highest BCUT2D eigenvalue weighted by molar-refractivity contribution is 14.1. The zero-order valence-electron chi connectivity index (χ0n) is 24.9. The zero-order valence-corrected chi connectivity index (χ0v) is 27.8. The zero-order chi connectivity index (χ0) is 30.4. The molecule has 0 spiro atoms. The Kier molecular flexibility index (Phi) is 11.1. The Morgan fingerprint density at radius 3 is 2.24 bits per heavy atom. The van der Waals surface area contributed by atoms with E-state index in [0.717, 1.165) is 31.4 Å². The summed E-state index contributed by atoms with van der Waals surface area (Å²) < 4.78 is 12.8.